The van der Waals surface area contributed by atoms with Crippen LogP contribution in [0.1, 0.15) is 24.8 Å². The van der Waals surface area contributed by atoms with Crippen molar-refractivity contribution >= 4 is 33.0 Å². The molecule has 0 saturated heterocycles. The molecule has 2 rings (SSSR count). The smallest absolute Gasteiger partial charge is 0.241 e. The van der Waals surface area contributed by atoms with Crippen LogP contribution in [0.2, 0.25) is 0 Å². The molecule has 6 nitrogen and oxygen atoms in total. The number of nitrogens with one attached hydrogen (secondary N) is 2. The summed E-state index contributed by atoms with van der Waals surface area (Å²) in [5, 5.41) is 4.48. The summed E-state index contributed by atoms with van der Waals surface area (Å²) in [4.78, 5) is 12.1. The predicted molar refractivity (Wildman–Crippen MR) is 90.4 cm³/mol. The first-order valence-corrected chi connectivity index (χ1v) is 9.21. The average Bonchev–Trinajstić information content (AvgIpc) is 3.00. The van der Waals surface area contributed by atoms with Gasteiger partial charge in [0.2, 0.25) is 15.9 Å². The van der Waals surface area contributed by atoms with Crippen LogP contribution in [0.5, 0.6) is 5.75 Å². The number of methoxy groups -OCH3 is 1. The minimum atomic E-state index is -3.70. The lowest BCUT2D eigenvalue weighted by Crippen LogP contribution is -2.26. The van der Waals surface area contributed by atoms with Gasteiger partial charge in [0.15, 0.2) is 0 Å². The van der Waals surface area contributed by atoms with E-state index in [4.69, 9.17) is 4.74 Å². The van der Waals surface area contributed by atoms with Crippen molar-refractivity contribution in [3.8, 4) is 5.75 Å². The molecule has 0 radical (unpaired) electrons. The van der Waals surface area contributed by atoms with Crippen LogP contribution in [0.25, 0.3) is 0 Å². The first kappa shape index (κ1) is 17.5. The monoisotopic (exact) mass is 354 g/mol. The standard InChI is InChI=1S/C15H18N2O4S2/c1-10(15-5-4-8-22-15)17-23(19,20)12-6-7-13(16-11(2)18)14(9-12)21-3/h4-10,17H,1-3H3,(H,16,18). The van der Waals surface area contributed by atoms with Crippen molar-refractivity contribution in [1.82, 2.24) is 4.72 Å². The molecule has 8 heteroatoms. The second kappa shape index (κ2) is 7.12. The lowest BCUT2D eigenvalue weighted by atomic mass is 10.3. The fourth-order valence-electron chi connectivity index (χ4n) is 2.03. The highest BCUT2D eigenvalue weighted by atomic mass is 32.2. The topological polar surface area (TPSA) is 84.5 Å². The van der Waals surface area contributed by atoms with Crippen LogP contribution in [-0.4, -0.2) is 21.4 Å². The number of hydrogen-bond acceptors (Lipinski definition) is 5. The molecule has 2 N–H and O–H groups in total. The Morgan fingerprint density at radius 1 is 1.30 bits per heavy atom. The van der Waals surface area contributed by atoms with Crippen LogP contribution in [0, 0.1) is 0 Å². The number of thiophene rings is 1. The largest absolute Gasteiger partial charge is 0.495 e. The van der Waals surface area contributed by atoms with Crippen molar-refractivity contribution in [2.45, 2.75) is 24.8 Å². The fraction of sp³-hybridized carbons (Fsp3) is 0.267. The molecule has 1 atom stereocenters. The number of hydrogen-bond donors (Lipinski definition) is 2. The second-order valence-corrected chi connectivity index (χ2v) is 7.59. The highest BCUT2D eigenvalue weighted by Crippen LogP contribution is 2.28. The van der Waals surface area contributed by atoms with E-state index in [0.29, 0.717) is 5.69 Å². The molecule has 1 amide bonds. The van der Waals surface area contributed by atoms with Crippen molar-refractivity contribution in [2.24, 2.45) is 0 Å². The van der Waals surface area contributed by atoms with Crippen LogP contribution >= 0.6 is 11.3 Å². The summed E-state index contributed by atoms with van der Waals surface area (Å²) < 4.78 is 32.8. The van der Waals surface area contributed by atoms with E-state index in [2.05, 4.69) is 10.0 Å². The van der Waals surface area contributed by atoms with Crippen molar-refractivity contribution in [1.29, 1.82) is 0 Å². The molecular formula is C15H18N2O4S2. The van der Waals surface area contributed by atoms with Gasteiger partial charge in [-0.1, -0.05) is 6.07 Å². The van der Waals surface area contributed by atoms with Crippen molar-refractivity contribution in [2.75, 3.05) is 12.4 Å². The Balaban J connectivity index is 2.27. The molecule has 0 bridgehead atoms. The zero-order valence-corrected chi connectivity index (χ0v) is 14.6. The third-order valence-corrected chi connectivity index (χ3v) is 5.69. The molecule has 2 aromatic rings. The number of anilines is 1. The van der Waals surface area contributed by atoms with Gasteiger partial charge in [-0.25, -0.2) is 13.1 Å². The lowest BCUT2D eigenvalue weighted by Gasteiger charge is -2.15. The molecule has 1 heterocycles. The molecule has 124 valence electrons. The average molecular weight is 354 g/mol. The number of benzene rings is 1. The van der Waals surface area contributed by atoms with Gasteiger partial charge in [0.25, 0.3) is 0 Å². The third-order valence-electron chi connectivity index (χ3n) is 3.10. The summed E-state index contributed by atoms with van der Waals surface area (Å²) in [6.45, 7) is 3.15. The summed E-state index contributed by atoms with van der Waals surface area (Å²) in [6.07, 6.45) is 0. The summed E-state index contributed by atoms with van der Waals surface area (Å²) >= 11 is 1.48. The molecule has 0 aliphatic carbocycles. The number of carbonyl (C=O) groups is 1. The molecule has 0 spiro atoms. The molecule has 1 unspecified atom stereocenters. The van der Waals surface area contributed by atoms with Gasteiger partial charge >= 0.3 is 0 Å². The SMILES string of the molecule is COc1cc(S(=O)(=O)NC(C)c2cccs2)ccc1NC(C)=O. The minimum absolute atomic E-state index is 0.0758. The van der Waals surface area contributed by atoms with Crippen LogP contribution < -0.4 is 14.8 Å². The molecule has 1 aromatic carbocycles. The summed E-state index contributed by atoms with van der Waals surface area (Å²) in [7, 11) is -2.28. The summed E-state index contributed by atoms with van der Waals surface area (Å²) in [5.74, 6) is 0.0233. The molecular weight excluding hydrogens is 336 g/mol. The van der Waals surface area contributed by atoms with Gasteiger partial charge in [0, 0.05) is 17.9 Å². The van der Waals surface area contributed by atoms with Crippen molar-refractivity contribution in [3.05, 3.63) is 40.6 Å². The Morgan fingerprint density at radius 2 is 2.04 bits per heavy atom. The molecule has 0 saturated carbocycles. The summed E-state index contributed by atoms with van der Waals surface area (Å²) in [5.41, 5.74) is 0.422. The zero-order chi connectivity index (χ0) is 17.0. The number of ether oxygens (including phenoxy) is 1. The van der Waals surface area contributed by atoms with Crippen LogP contribution in [0.4, 0.5) is 5.69 Å². The van der Waals surface area contributed by atoms with E-state index in [0.717, 1.165) is 4.88 Å². The van der Waals surface area contributed by atoms with Gasteiger partial charge < -0.3 is 10.1 Å². The number of carbonyl (C=O) groups excluding carboxylic acids is 1. The number of amides is 1. The van der Waals surface area contributed by atoms with E-state index in [1.54, 1.807) is 6.92 Å². The Morgan fingerprint density at radius 3 is 2.61 bits per heavy atom. The van der Waals surface area contributed by atoms with E-state index in [-0.39, 0.29) is 22.6 Å². The normalized spacial score (nSPS) is 12.7. The first-order valence-electron chi connectivity index (χ1n) is 6.85. The second-order valence-electron chi connectivity index (χ2n) is 4.90. The lowest BCUT2D eigenvalue weighted by molar-refractivity contribution is -0.114. The van der Waals surface area contributed by atoms with E-state index in [9.17, 15) is 13.2 Å². The van der Waals surface area contributed by atoms with E-state index in [1.165, 1.54) is 43.6 Å². The minimum Gasteiger partial charge on any atom is -0.495 e. The zero-order valence-electron chi connectivity index (χ0n) is 13.0. The van der Waals surface area contributed by atoms with Gasteiger partial charge in [-0.05, 0) is 30.5 Å². The van der Waals surface area contributed by atoms with Gasteiger partial charge in [-0.15, -0.1) is 11.3 Å². The van der Waals surface area contributed by atoms with E-state index < -0.39 is 10.0 Å². The van der Waals surface area contributed by atoms with Gasteiger partial charge in [0.05, 0.1) is 23.7 Å². The highest BCUT2D eigenvalue weighted by molar-refractivity contribution is 7.89. The molecule has 0 aliphatic rings. The summed E-state index contributed by atoms with van der Waals surface area (Å²) in [6, 6.07) is 7.73. The van der Waals surface area contributed by atoms with Gasteiger partial charge in [-0.3, -0.25) is 4.79 Å². The molecule has 0 fully saturated rings. The van der Waals surface area contributed by atoms with Crippen LogP contribution in [0.15, 0.2) is 40.6 Å². The van der Waals surface area contributed by atoms with Crippen LogP contribution in [-0.2, 0) is 14.8 Å². The molecule has 1 aromatic heterocycles. The molecule has 0 aliphatic heterocycles. The quantitative estimate of drug-likeness (QED) is 0.835. The highest BCUT2D eigenvalue weighted by Gasteiger charge is 2.20. The fourth-order valence-corrected chi connectivity index (χ4v) is 4.08. The van der Waals surface area contributed by atoms with Gasteiger partial charge in [-0.2, -0.15) is 0 Å². The Bertz CT molecular complexity index is 786. The Kier molecular flexibility index (Phi) is 5.40. The van der Waals surface area contributed by atoms with E-state index >= 15 is 0 Å². The van der Waals surface area contributed by atoms with Crippen LogP contribution in [0.3, 0.4) is 0 Å². The maximum absolute atomic E-state index is 12.5. The predicted octanol–water partition coefficient (Wildman–Crippen LogP) is 2.75. The maximum atomic E-state index is 12.5. The first-order chi connectivity index (χ1) is 10.8. The maximum Gasteiger partial charge on any atom is 0.241 e. The third kappa shape index (κ3) is 4.31. The Labute approximate surface area is 139 Å². The molecule has 23 heavy (non-hydrogen) atoms. The van der Waals surface area contributed by atoms with E-state index in [1.807, 2.05) is 17.5 Å². The van der Waals surface area contributed by atoms with Crippen molar-refractivity contribution in [3.63, 3.8) is 0 Å². The number of rotatable bonds is 6. The van der Waals surface area contributed by atoms with Gasteiger partial charge in [0.1, 0.15) is 5.75 Å². The Hall–Kier alpha value is -1.90. The number of sulfonamides is 1. The van der Waals surface area contributed by atoms with Crippen molar-refractivity contribution < 1.29 is 17.9 Å².